The van der Waals surface area contributed by atoms with E-state index < -0.39 is 12.2 Å². The largest absolute Gasteiger partial charge is 0.507 e. The number of ether oxygens (including phenoxy) is 1. The van der Waals surface area contributed by atoms with Gasteiger partial charge in [0.1, 0.15) is 5.75 Å². The standard InChI is InChI=1S/C27H35N3O5/c1-5-21-8-6-7-9-24(21)28-26(33)29(4)22-10-12-30(13-11-22)27(34)35-23(17-31)16-20-14-18(2)25(32)19(3)15-20/h6-9,14-15,17,22-23,32H,5,10-13,16H2,1-4H3,(H,28,33)/t23-/m1/s1. The third kappa shape index (κ3) is 6.53. The minimum Gasteiger partial charge on any atom is -0.507 e. The third-order valence-electron chi connectivity index (χ3n) is 6.62. The van der Waals surface area contributed by atoms with Crippen LogP contribution in [0.5, 0.6) is 5.75 Å². The van der Waals surface area contributed by atoms with Crippen molar-refractivity contribution < 1.29 is 24.2 Å². The van der Waals surface area contributed by atoms with E-state index in [0.717, 1.165) is 23.2 Å². The molecular weight excluding hydrogens is 446 g/mol. The van der Waals surface area contributed by atoms with Gasteiger partial charge in [-0.2, -0.15) is 0 Å². The number of carbonyl (C=O) groups excluding carboxylic acids is 3. The van der Waals surface area contributed by atoms with E-state index in [1.807, 2.05) is 31.2 Å². The van der Waals surface area contributed by atoms with Crippen molar-refractivity contribution in [3.05, 3.63) is 58.7 Å². The van der Waals surface area contributed by atoms with Gasteiger partial charge in [-0.25, -0.2) is 9.59 Å². The number of piperidine rings is 1. The summed E-state index contributed by atoms with van der Waals surface area (Å²) in [6.45, 7) is 6.51. The average molecular weight is 482 g/mol. The molecule has 2 N–H and O–H groups in total. The van der Waals surface area contributed by atoms with Crippen molar-refractivity contribution in [2.24, 2.45) is 0 Å². The van der Waals surface area contributed by atoms with Crippen LogP contribution in [0.4, 0.5) is 15.3 Å². The molecule has 8 heteroatoms. The molecular formula is C27H35N3O5. The van der Waals surface area contributed by atoms with Gasteiger partial charge in [0.05, 0.1) is 0 Å². The molecule has 0 unspecified atom stereocenters. The van der Waals surface area contributed by atoms with Crippen LogP contribution < -0.4 is 5.32 Å². The van der Waals surface area contributed by atoms with Crippen LogP contribution in [-0.4, -0.2) is 65.6 Å². The van der Waals surface area contributed by atoms with Crippen molar-refractivity contribution in [1.82, 2.24) is 9.80 Å². The normalized spacial score (nSPS) is 14.8. The van der Waals surface area contributed by atoms with Crippen LogP contribution in [0.2, 0.25) is 0 Å². The first-order valence-corrected chi connectivity index (χ1v) is 12.0. The molecule has 2 aromatic rings. The summed E-state index contributed by atoms with van der Waals surface area (Å²) in [4.78, 5) is 40.3. The van der Waals surface area contributed by atoms with E-state index in [0.29, 0.717) is 43.3 Å². The molecule has 35 heavy (non-hydrogen) atoms. The quantitative estimate of drug-likeness (QED) is 0.570. The molecule has 0 saturated carbocycles. The number of amides is 3. The van der Waals surface area contributed by atoms with E-state index >= 15 is 0 Å². The van der Waals surface area contributed by atoms with Crippen LogP contribution in [0.3, 0.4) is 0 Å². The molecule has 1 aliphatic heterocycles. The molecule has 0 aromatic heterocycles. The molecule has 0 radical (unpaired) electrons. The minimum absolute atomic E-state index is 0.00217. The zero-order valence-corrected chi connectivity index (χ0v) is 20.9. The molecule has 1 heterocycles. The van der Waals surface area contributed by atoms with Gasteiger partial charge in [-0.1, -0.05) is 37.3 Å². The highest BCUT2D eigenvalue weighted by Crippen LogP contribution is 2.24. The van der Waals surface area contributed by atoms with E-state index in [1.165, 1.54) is 0 Å². The molecule has 3 rings (SSSR count). The number of aryl methyl sites for hydroxylation is 3. The lowest BCUT2D eigenvalue weighted by atomic mass is 10.0. The Morgan fingerprint density at radius 1 is 1.20 bits per heavy atom. The summed E-state index contributed by atoms with van der Waals surface area (Å²) < 4.78 is 5.46. The molecule has 1 atom stereocenters. The van der Waals surface area contributed by atoms with Crippen LogP contribution in [-0.2, 0) is 22.4 Å². The second-order valence-electron chi connectivity index (χ2n) is 9.11. The Bertz CT molecular complexity index is 1040. The first-order valence-electron chi connectivity index (χ1n) is 12.0. The van der Waals surface area contributed by atoms with Crippen molar-refractivity contribution in [2.45, 2.75) is 58.6 Å². The fourth-order valence-corrected chi connectivity index (χ4v) is 4.47. The molecule has 188 valence electrons. The zero-order valence-electron chi connectivity index (χ0n) is 20.9. The fraction of sp³-hybridized carbons (Fsp3) is 0.444. The summed E-state index contributed by atoms with van der Waals surface area (Å²) in [5, 5.41) is 12.9. The zero-order chi connectivity index (χ0) is 25.5. The lowest BCUT2D eigenvalue weighted by molar-refractivity contribution is -0.115. The smallest absolute Gasteiger partial charge is 0.410 e. The molecule has 1 saturated heterocycles. The maximum atomic E-state index is 12.8. The summed E-state index contributed by atoms with van der Waals surface area (Å²) in [6.07, 6.45) is 1.51. The van der Waals surface area contributed by atoms with Gasteiger partial charge < -0.3 is 25.0 Å². The third-order valence-corrected chi connectivity index (χ3v) is 6.62. The Labute approximate surface area is 206 Å². The maximum Gasteiger partial charge on any atom is 0.410 e. The summed E-state index contributed by atoms with van der Waals surface area (Å²) in [5.41, 5.74) is 4.13. The van der Waals surface area contributed by atoms with Crippen molar-refractivity contribution in [3.63, 3.8) is 0 Å². The summed E-state index contributed by atoms with van der Waals surface area (Å²) in [7, 11) is 1.77. The predicted octanol–water partition coefficient (Wildman–Crippen LogP) is 4.45. The first kappa shape index (κ1) is 26.1. The SMILES string of the molecule is CCc1ccccc1NC(=O)N(C)C1CCN(C(=O)O[C@@H](C=O)Cc2cc(C)c(O)c(C)c2)CC1. The van der Waals surface area contributed by atoms with Gasteiger partial charge in [-0.3, -0.25) is 4.79 Å². The highest BCUT2D eigenvalue weighted by Gasteiger charge is 2.29. The molecule has 1 aliphatic rings. The second kappa shape index (κ2) is 11.7. The fourth-order valence-electron chi connectivity index (χ4n) is 4.47. The lowest BCUT2D eigenvalue weighted by Crippen LogP contribution is -2.49. The van der Waals surface area contributed by atoms with E-state index in [1.54, 1.807) is 42.8 Å². The van der Waals surface area contributed by atoms with Crippen molar-refractivity contribution in [1.29, 1.82) is 0 Å². The Morgan fingerprint density at radius 3 is 2.43 bits per heavy atom. The van der Waals surface area contributed by atoms with Crippen LogP contribution >= 0.6 is 0 Å². The van der Waals surface area contributed by atoms with Crippen molar-refractivity contribution in [2.75, 3.05) is 25.5 Å². The van der Waals surface area contributed by atoms with Crippen molar-refractivity contribution >= 4 is 24.1 Å². The number of hydrogen-bond donors (Lipinski definition) is 2. The Hall–Kier alpha value is -3.55. The lowest BCUT2D eigenvalue weighted by Gasteiger charge is -2.36. The first-order chi connectivity index (χ1) is 16.7. The van der Waals surface area contributed by atoms with Gasteiger partial charge in [0.25, 0.3) is 0 Å². The number of nitrogens with one attached hydrogen (secondary N) is 1. The number of aromatic hydroxyl groups is 1. The van der Waals surface area contributed by atoms with E-state index in [2.05, 4.69) is 5.32 Å². The number of para-hydroxylation sites is 1. The number of phenolic OH excluding ortho intramolecular Hbond substituents is 1. The average Bonchev–Trinajstić information content (AvgIpc) is 2.86. The highest BCUT2D eigenvalue weighted by atomic mass is 16.6. The van der Waals surface area contributed by atoms with E-state index in [-0.39, 0.29) is 24.2 Å². The van der Waals surface area contributed by atoms with E-state index in [9.17, 15) is 19.5 Å². The molecule has 1 fully saturated rings. The number of nitrogens with zero attached hydrogens (tertiary/aromatic N) is 2. The molecule has 3 amide bonds. The van der Waals surface area contributed by atoms with Gasteiger partial charge >= 0.3 is 12.1 Å². The number of likely N-dealkylation sites (tertiary alicyclic amines) is 1. The van der Waals surface area contributed by atoms with Crippen LogP contribution in [0.15, 0.2) is 36.4 Å². The number of urea groups is 1. The molecule has 2 aromatic carbocycles. The number of aldehydes is 1. The van der Waals surface area contributed by atoms with Gasteiger partial charge in [-0.15, -0.1) is 0 Å². The van der Waals surface area contributed by atoms with Crippen LogP contribution in [0.1, 0.15) is 42.0 Å². The Kier molecular flexibility index (Phi) is 8.73. The van der Waals surface area contributed by atoms with Gasteiger partial charge in [0.15, 0.2) is 12.4 Å². The Balaban J connectivity index is 1.51. The number of rotatable bonds is 7. The topological polar surface area (TPSA) is 99.2 Å². The number of anilines is 1. The summed E-state index contributed by atoms with van der Waals surface area (Å²) in [5.74, 6) is 0.226. The number of phenols is 1. The van der Waals surface area contributed by atoms with Crippen LogP contribution in [0.25, 0.3) is 0 Å². The molecule has 8 nitrogen and oxygen atoms in total. The minimum atomic E-state index is -0.907. The summed E-state index contributed by atoms with van der Waals surface area (Å²) in [6, 6.07) is 11.1. The van der Waals surface area contributed by atoms with E-state index in [4.69, 9.17) is 4.74 Å². The maximum absolute atomic E-state index is 12.8. The predicted molar refractivity (Wildman–Crippen MR) is 135 cm³/mol. The highest BCUT2D eigenvalue weighted by molar-refractivity contribution is 5.90. The second-order valence-corrected chi connectivity index (χ2v) is 9.11. The number of benzene rings is 2. The van der Waals surface area contributed by atoms with Crippen LogP contribution in [0, 0.1) is 13.8 Å². The van der Waals surface area contributed by atoms with Gasteiger partial charge in [0.2, 0.25) is 0 Å². The van der Waals surface area contributed by atoms with Gasteiger partial charge in [-0.05, 0) is 61.4 Å². The molecule has 0 spiro atoms. The van der Waals surface area contributed by atoms with Crippen molar-refractivity contribution in [3.8, 4) is 5.75 Å². The molecule has 0 aliphatic carbocycles. The number of hydrogen-bond acceptors (Lipinski definition) is 5. The summed E-state index contributed by atoms with van der Waals surface area (Å²) >= 11 is 0. The number of carbonyl (C=O) groups is 3. The van der Waals surface area contributed by atoms with Gasteiger partial charge in [0, 0.05) is 38.3 Å². The molecule has 0 bridgehead atoms. The monoisotopic (exact) mass is 481 g/mol. The Morgan fingerprint density at radius 2 is 1.83 bits per heavy atom.